The van der Waals surface area contributed by atoms with Crippen LogP contribution in [0.5, 0.6) is 0 Å². The van der Waals surface area contributed by atoms with Gasteiger partial charge in [0.15, 0.2) is 5.82 Å². The highest BCUT2D eigenvalue weighted by atomic mass is 35.5. The molecule has 144 valence electrons. The van der Waals surface area contributed by atoms with E-state index in [0.29, 0.717) is 10.8 Å². The number of halogens is 1. The van der Waals surface area contributed by atoms with Crippen molar-refractivity contribution >= 4 is 28.2 Å². The normalized spacial score (nSPS) is 11.5. The van der Waals surface area contributed by atoms with E-state index in [4.69, 9.17) is 16.6 Å². The van der Waals surface area contributed by atoms with E-state index in [1.165, 1.54) is 0 Å². The van der Waals surface area contributed by atoms with Gasteiger partial charge in [-0.3, -0.25) is 14.1 Å². The summed E-state index contributed by atoms with van der Waals surface area (Å²) in [4.78, 5) is 4.86. The molecule has 4 heterocycles. The third kappa shape index (κ3) is 2.53. The van der Waals surface area contributed by atoms with Crippen molar-refractivity contribution < 1.29 is 0 Å². The van der Waals surface area contributed by atoms with Gasteiger partial charge in [0.1, 0.15) is 23.4 Å². The monoisotopic (exact) mass is 411 g/mol. The van der Waals surface area contributed by atoms with Gasteiger partial charge in [0.05, 0.1) is 22.4 Å². The molecule has 0 aliphatic heterocycles. The van der Waals surface area contributed by atoms with Gasteiger partial charge in [-0.05, 0) is 36.4 Å². The van der Waals surface area contributed by atoms with Gasteiger partial charge in [-0.25, -0.2) is 4.98 Å². The molecule has 4 aromatic heterocycles. The third-order valence-corrected chi connectivity index (χ3v) is 5.45. The van der Waals surface area contributed by atoms with Crippen LogP contribution < -0.4 is 0 Å². The van der Waals surface area contributed by atoms with Crippen LogP contribution in [0.25, 0.3) is 45.0 Å². The minimum atomic E-state index is 0.632. The second-order valence-corrected chi connectivity index (χ2v) is 7.29. The summed E-state index contributed by atoms with van der Waals surface area (Å²) in [5.41, 5.74) is 5.08. The number of imidazole rings is 1. The lowest BCUT2D eigenvalue weighted by Crippen LogP contribution is -2.00. The van der Waals surface area contributed by atoms with Gasteiger partial charge in [0.2, 0.25) is 0 Å². The molecule has 2 aromatic carbocycles. The number of H-pyrrole nitrogens is 1. The van der Waals surface area contributed by atoms with E-state index in [0.717, 1.165) is 39.2 Å². The molecule has 0 atom stereocenters. The standard InChI is InChI=1S/C22H14ClN7/c23-17-6-2-1-5-16(17)20-21(29-10-4-3-7-19(29)26-20)22-28-25-13-30(22)15-9-8-14-12-24-27-18(14)11-15/h1-13H,(H,24,27). The van der Waals surface area contributed by atoms with E-state index in [1.807, 2.05) is 75.8 Å². The van der Waals surface area contributed by atoms with Crippen molar-refractivity contribution in [1.82, 2.24) is 34.3 Å². The summed E-state index contributed by atoms with van der Waals surface area (Å²) in [7, 11) is 0. The smallest absolute Gasteiger partial charge is 0.187 e. The van der Waals surface area contributed by atoms with Gasteiger partial charge < -0.3 is 0 Å². The van der Waals surface area contributed by atoms with Gasteiger partial charge >= 0.3 is 0 Å². The van der Waals surface area contributed by atoms with E-state index in [1.54, 1.807) is 12.5 Å². The highest BCUT2D eigenvalue weighted by molar-refractivity contribution is 6.33. The fraction of sp³-hybridized carbons (Fsp3) is 0. The fourth-order valence-corrected chi connectivity index (χ4v) is 3.94. The number of aromatic nitrogens is 7. The van der Waals surface area contributed by atoms with E-state index in [9.17, 15) is 0 Å². The van der Waals surface area contributed by atoms with Crippen LogP contribution in [0.2, 0.25) is 5.02 Å². The predicted octanol–water partition coefficient (Wildman–Crippen LogP) is 4.78. The molecule has 0 saturated heterocycles. The number of aromatic amines is 1. The van der Waals surface area contributed by atoms with Crippen molar-refractivity contribution in [3.63, 3.8) is 0 Å². The van der Waals surface area contributed by atoms with Gasteiger partial charge in [0, 0.05) is 17.1 Å². The summed E-state index contributed by atoms with van der Waals surface area (Å²) >= 11 is 6.53. The Balaban J connectivity index is 1.64. The Labute approximate surface area is 175 Å². The Bertz CT molecular complexity index is 1530. The van der Waals surface area contributed by atoms with Crippen molar-refractivity contribution in [3.8, 4) is 28.5 Å². The minimum Gasteiger partial charge on any atom is -0.296 e. The Morgan fingerprint density at radius 2 is 1.87 bits per heavy atom. The van der Waals surface area contributed by atoms with E-state index >= 15 is 0 Å². The number of rotatable bonds is 3. The number of hydrogen-bond donors (Lipinski definition) is 1. The van der Waals surface area contributed by atoms with E-state index in [-0.39, 0.29) is 0 Å². The van der Waals surface area contributed by atoms with Crippen LogP contribution in [0.4, 0.5) is 0 Å². The first-order valence-corrected chi connectivity index (χ1v) is 9.73. The molecule has 6 aromatic rings. The van der Waals surface area contributed by atoms with Crippen LogP contribution >= 0.6 is 11.6 Å². The maximum atomic E-state index is 6.53. The first-order chi connectivity index (χ1) is 14.8. The average molecular weight is 412 g/mol. The van der Waals surface area contributed by atoms with E-state index in [2.05, 4.69) is 20.4 Å². The lowest BCUT2D eigenvalue weighted by Gasteiger charge is -2.09. The number of pyridine rings is 1. The van der Waals surface area contributed by atoms with E-state index < -0.39 is 0 Å². The molecule has 0 saturated carbocycles. The number of hydrogen-bond acceptors (Lipinski definition) is 4. The van der Waals surface area contributed by atoms with Crippen LogP contribution in [-0.4, -0.2) is 34.3 Å². The molecular formula is C22H14ClN7. The zero-order chi connectivity index (χ0) is 20.1. The lowest BCUT2D eigenvalue weighted by atomic mass is 10.1. The first kappa shape index (κ1) is 16.9. The van der Waals surface area contributed by atoms with Crippen molar-refractivity contribution in [2.75, 3.05) is 0 Å². The van der Waals surface area contributed by atoms with Gasteiger partial charge in [-0.1, -0.05) is 35.9 Å². The molecule has 0 amide bonds. The van der Waals surface area contributed by atoms with Crippen LogP contribution in [0.3, 0.4) is 0 Å². The van der Waals surface area contributed by atoms with Crippen molar-refractivity contribution in [1.29, 1.82) is 0 Å². The van der Waals surface area contributed by atoms with Crippen LogP contribution in [-0.2, 0) is 0 Å². The molecule has 0 aliphatic carbocycles. The summed E-state index contributed by atoms with van der Waals surface area (Å²) in [5, 5.41) is 17.4. The third-order valence-electron chi connectivity index (χ3n) is 5.12. The molecular weight excluding hydrogens is 398 g/mol. The van der Waals surface area contributed by atoms with Gasteiger partial charge in [-0.15, -0.1) is 10.2 Å². The highest BCUT2D eigenvalue weighted by Gasteiger charge is 2.22. The number of nitrogens with zero attached hydrogens (tertiary/aromatic N) is 6. The van der Waals surface area contributed by atoms with Gasteiger partial charge in [0.25, 0.3) is 0 Å². The van der Waals surface area contributed by atoms with Crippen molar-refractivity contribution in [2.45, 2.75) is 0 Å². The second-order valence-electron chi connectivity index (χ2n) is 6.88. The molecule has 1 N–H and O–H groups in total. The quantitative estimate of drug-likeness (QED) is 0.454. The number of fused-ring (bicyclic) bond motifs is 2. The molecule has 0 unspecified atom stereocenters. The first-order valence-electron chi connectivity index (χ1n) is 9.35. The molecule has 0 radical (unpaired) electrons. The van der Waals surface area contributed by atoms with Crippen LogP contribution in [0.1, 0.15) is 0 Å². The Morgan fingerprint density at radius 1 is 0.967 bits per heavy atom. The molecule has 0 aliphatic rings. The predicted molar refractivity (Wildman–Crippen MR) is 116 cm³/mol. The Hall–Kier alpha value is -3.97. The fourth-order valence-electron chi connectivity index (χ4n) is 3.71. The van der Waals surface area contributed by atoms with Crippen LogP contribution in [0.15, 0.2) is 79.4 Å². The van der Waals surface area contributed by atoms with Crippen molar-refractivity contribution in [2.24, 2.45) is 0 Å². The molecule has 6 rings (SSSR count). The number of nitrogens with one attached hydrogen (secondary N) is 1. The maximum Gasteiger partial charge on any atom is 0.187 e. The number of benzene rings is 2. The molecule has 30 heavy (non-hydrogen) atoms. The summed E-state index contributed by atoms with van der Waals surface area (Å²) in [6.07, 6.45) is 5.47. The SMILES string of the molecule is Clc1ccccc1-c1nc2ccccn2c1-c1nncn1-c1ccc2cn[nH]c2c1. The highest BCUT2D eigenvalue weighted by Crippen LogP contribution is 2.36. The zero-order valence-electron chi connectivity index (χ0n) is 15.6. The topological polar surface area (TPSA) is 76.7 Å². The van der Waals surface area contributed by atoms with Crippen molar-refractivity contribution in [3.05, 3.63) is 84.4 Å². The largest absolute Gasteiger partial charge is 0.296 e. The van der Waals surface area contributed by atoms with Crippen LogP contribution in [0, 0.1) is 0 Å². The molecule has 8 heteroatoms. The Kier molecular flexibility index (Phi) is 3.69. The zero-order valence-corrected chi connectivity index (χ0v) is 16.3. The molecule has 0 fully saturated rings. The molecule has 0 bridgehead atoms. The second kappa shape index (κ2) is 6.53. The minimum absolute atomic E-state index is 0.632. The summed E-state index contributed by atoms with van der Waals surface area (Å²) < 4.78 is 3.95. The molecule has 7 nitrogen and oxygen atoms in total. The summed E-state index contributed by atoms with van der Waals surface area (Å²) in [6.45, 7) is 0. The van der Waals surface area contributed by atoms with Gasteiger partial charge in [-0.2, -0.15) is 5.10 Å². The Morgan fingerprint density at radius 3 is 2.80 bits per heavy atom. The summed E-state index contributed by atoms with van der Waals surface area (Å²) in [6, 6.07) is 19.6. The molecule has 0 spiro atoms. The lowest BCUT2D eigenvalue weighted by molar-refractivity contribution is 1.04. The average Bonchev–Trinajstić information content (AvgIpc) is 3.50. The maximum absolute atomic E-state index is 6.53. The summed E-state index contributed by atoms with van der Waals surface area (Å²) in [5.74, 6) is 0.669.